The molecule has 4 aromatic carbocycles. The van der Waals surface area contributed by atoms with Crippen LogP contribution in [0.2, 0.25) is 0 Å². The van der Waals surface area contributed by atoms with Gasteiger partial charge >= 0.3 is 0 Å². The van der Waals surface area contributed by atoms with Crippen LogP contribution in [0.15, 0.2) is 114 Å². The first-order valence-electron chi connectivity index (χ1n) is 12.4. The van der Waals surface area contributed by atoms with E-state index in [4.69, 9.17) is 0 Å². The van der Waals surface area contributed by atoms with E-state index in [9.17, 15) is 8.42 Å². The summed E-state index contributed by atoms with van der Waals surface area (Å²) >= 11 is 0. The Morgan fingerprint density at radius 1 is 0.667 bits per heavy atom. The van der Waals surface area contributed by atoms with Gasteiger partial charge in [0.15, 0.2) is 0 Å². The maximum atomic E-state index is 13.5. The Bertz CT molecular complexity index is 1340. The third kappa shape index (κ3) is 6.91. The van der Waals surface area contributed by atoms with Gasteiger partial charge in [-0.1, -0.05) is 108 Å². The third-order valence-electron chi connectivity index (χ3n) is 6.35. The molecule has 0 radical (unpaired) electrons. The van der Waals surface area contributed by atoms with E-state index in [1.54, 1.807) is 12.1 Å². The second kappa shape index (κ2) is 12.1. The summed E-state index contributed by atoms with van der Waals surface area (Å²) in [4.78, 5) is 0.264. The molecule has 0 heterocycles. The zero-order valence-electron chi connectivity index (χ0n) is 20.9. The summed E-state index contributed by atoms with van der Waals surface area (Å²) in [6.07, 6.45) is 1.90. The van der Waals surface area contributed by atoms with Gasteiger partial charge in [0.25, 0.3) is 0 Å². The standard InChI is InChI=1S/C31H34N2O2S/c1-24-18-20-29(21-19-24)36(34,35)33-31(28-16-7-4-8-17-28)30(27-14-5-3-6-15-27)32-22-10-13-26-12-9-11-25(2)23-26/h3-9,11-12,14-21,23,30-33H,10,13,22H2,1-2H3. The van der Waals surface area contributed by atoms with Gasteiger partial charge in [-0.25, -0.2) is 13.1 Å². The molecule has 0 saturated heterocycles. The Labute approximate surface area is 215 Å². The molecule has 2 N–H and O–H groups in total. The molecule has 4 nitrogen and oxygen atoms in total. The lowest BCUT2D eigenvalue weighted by molar-refractivity contribution is 0.420. The van der Waals surface area contributed by atoms with Crippen molar-refractivity contribution in [3.8, 4) is 0 Å². The van der Waals surface area contributed by atoms with Crippen molar-refractivity contribution in [2.45, 2.75) is 43.7 Å². The summed E-state index contributed by atoms with van der Waals surface area (Å²) < 4.78 is 30.0. The number of aryl methyl sites for hydroxylation is 3. The van der Waals surface area contributed by atoms with Gasteiger partial charge in [0.1, 0.15) is 0 Å². The van der Waals surface area contributed by atoms with Gasteiger partial charge in [0.2, 0.25) is 10.0 Å². The summed E-state index contributed by atoms with van der Waals surface area (Å²) in [5, 5.41) is 3.68. The molecule has 36 heavy (non-hydrogen) atoms. The molecule has 0 bridgehead atoms. The van der Waals surface area contributed by atoms with E-state index in [1.807, 2.05) is 79.7 Å². The molecular formula is C31H34N2O2S. The van der Waals surface area contributed by atoms with E-state index in [0.29, 0.717) is 0 Å². The highest BCUT2D eigenvalue weighted by Crippen LogP contribution is 2.31. The molecule has 5 heteroatoms. The molecule has 0 amide bonds. The molecule has 2 unspecified atom stereocenters. The number of hydrogen-bond donors (Lipinski definition) is 2. The van der Waals surface area contributed by atoms with Crippen molar-refractivity contribution in [1.82, 2.24) is 10.0 Å². The Morgan fingerprint density at radius 2 is 1.28 bits per heavy atom. The highest BCUT2D eigenvalue weighted by atomic mass is 32.2. The summed E-state index contributed by atoms with van der Waals surface area (Å²) in [5.41, 5.74) is 5.54. The van der Waals surface area contributed by atoms with Crippen molar-refractivity contribution in [3.05, 3.63) is 137 Å². The molecule has 0 fully saturated rings. The quantitative estimate of drug-likeness (QED) is 0.239. The smallest absolute Gasteiger partial charge is 0.241 e. The number of sulfonamides is 1. The van der Waals surface area contributed by atoms with Crippen molar-refractivity contribution in [3.63, 3.8) is 0 Å². The number of benzene rings is 4. The van der Waals surface area contributed by atoms with Crippen molar-refractivity contribution in [2.75, 3.05) is 6.54 Å². The Kier molecular flexibility index (Phi) is 8.70. The number of rotatable bonds is 11. The summed E-state index contributed by atoms with van der Waals surface area (Å²) in [7, 11) is -3.75. The zero-order valence-corrected chi connectivity index (χ0v) is 21.7. The van der Waals surface area contributed by atoms with Crippen LogP contribution in [0.3, 0.4) is 0 Å². The molecule has 0 spiro atoms. The first-order valence-corrected chi connectivity index (χ1v) is 13.9. The summed E-state index contributed by atoms with van der Waals surface area (Å²) in [6.45, 7) is 4.81. The molecule has 4 rings (SSSR count). The predicted molar refractivity (Wildman–Crippen MR) is 147 cm³/mol. The number of hydrogen-bond acceptors (Lipinski definition) is 3. The van der Waals surface area contributed by atoms with Crippen LogP contribution < -0.4 is 10.0 Å². The van der Waals surface area contributed by atoms with Crippen LogP contribution in [0.1, 0.15) is 46.3 Å². The fourth-order valence-corrected chi connectivity index (χ4v) is 5.68. The monoisotopic (exact) mass is 498 g/mol. The average molecular weight is 499 g/mol. The fraction of sp³-hybridized carbons (Fsp3) is 0.226. The van der Waals surface area contributed by atoms with Gasteiger partial charge in [-0.05, 0) is 62.1 Å². The van der Waals surface area contributed by atoms with E-state index in [-0.39, 0.29) is 10.9 Å². The van der Waals surface area contributed by atoms with Gasteiger partial charge in [-0.15, -0.1) is 0 Å². The topological polar surface area (TPSA) is 58.2 Å². The molecule has 0 aromatic heterocycles. The van der Waals surface area contributed by atoms with Crippen molar-refractivity contribution >= 4 is 10.0 Å². The Morgan fingerprint density at radius 3 is 1.89 bits per heavy atom. The molecular weight excluding hydrogens is 464 g/mol. The van der Waals surface area contributed by atoms with Gasteiger partial charge in [0.05, 0.1) is 17.0 Å². The molecule has 4 aromatic rings. The van der Waals surface area contributed by atoms with Crippen LogP contribution in [-0.2, 0) is 16.4 Å². The van der Waals surface area contributed by atoms with Crippen molar-refractivity contribution in [2.24, 2.45) is 0 Å². The summed E-state index contributed by atoms with van der Waals surface area (Å²) in [5.74, 6) is 0. The second-order valence-corrected chi connectivity index (χ2v) is 11.0. The Balaban J connectivity index is 1.61. The molecule has 0 aliphatic rings. The van der Waals surface area contributed by atoms with Gasteiger partial charge in [0, 0.05) is 0 Å². The van der Waals surface area contributed by atoms with E-state index < -0.39 is 16.1 Å². The summed E-state index contributed by atoms with van der Waals surface area (Å²) in [6, 6.07) is 34.7. The molecule has 2 atom stereocenters. The van der Waals surface area contributed by atoms with Gasteiger partial charge in [-0.3, -0.25) is 0 Å². The number of nitrogens with one attached hydrogen (secondary N) is 2. The first kappa shape index (κ1) is 25.8. The lowest BCUT2D eigenvalue weighted by Crippen LogP contribution is -2.39. The van der Waals surface area contributed by atoms with E-state index in [0.717, 1.165) is 36.1 Å². The van der Waals surface area contributed by atoms with Crippen LogP contribution in [-0.4, -0.2) is 15.0 Å². The fourth-order valence-electron chi connectivity index (χ4n) is 4.45. The van der Waals surface area contributed by atoms with Crippen LogP contribution >= 0.6 is 0 Å². The molecule has 0 saturated carbocycles. The molecule has 0 aliphatic carbocycles. The first-order chi connectivity index (χ1) is 17.4. The van der Waals surface area contributed by atoms with Crippen molar-refractivity contribution in [1.29, 1.82) is 0 Å². The highest BCUT2D eigenvalue weighted by molar-refractivity contribution is 7.89. The van der Waals surface area contributed by atoms with Gasteiger partial charge in [-0.2, -0.15) is 0 Å². The second-order valence-electron chi connectivity index (χ2n) is 9.26. The SMILES string of the molecule is Cc1ccc(S(=O)(=O)NC(c2ccccc2)C(NCCCc2cccc(C)c2)c2ccccc2)cc1. The minimum absolute atomic E-state index is 0.244. The highest BCUT2D eigenvalue weighted by Gasteiger charge is 2.29. The van der Waals surface area contributed by atoms with Crippen LogP contribution in [0, 0.1) is 13.8 Å². The maximum absolute atomic E-state index is 13.5. The lowest BCUT2D eigenvalue weighted by Gasteiger charge is -2.30. The largest absolute Gasteiger partial charge is 0.308 e. The Hall–Kier alpha value is -3.25. The van der Waals surface area contributed by atoms with E-state index >= 15 is 0 Å². The minimum Gasteiger partial charge on any atom is -0.308 e. The normalized spacial score (nSPS) is 13.3. The lowest BCUT2D eigenvalue weighted by atomic mass is 9.94. The maximum Gasteiger partial charge on any atom is 0.241 e. The molecule has 186 valence electrons. The minimum atomic E-state index is -3.75. The van der Waals surface area contributed by atoms with Crippen LogP contribution in [0.4, 0.5) is 0 Å². The van der Waals surface area contributed by atoms with E-state index in [1.165, 1.54) is 11.1 Å². The van der Waals surface area contributed by atoms with E-state index in [2.05, 4.69) is 41.2 Å². The average Bonchev–Trinajstić information content (AvgIpc) is 2.89. The van der Waals surface area contributed by atoms with Crippen LogP contribution in [0.5, 0.6) is 0 Å². The van der Waals surface area contributed by atoms with Crippen LogP contribution in [0.25, 0.3) is 0 Å². The zero-order chi connectivity index (χ0) is 25.4. The predicted octanol–water partition coefficient (Wildman–Crippen LogP) is 6.29. The van der Waals surface area contributed by atoms with Crippen molar-refractivity contribution < 1.29 is 8.42 Å². The molecule has 0 aliphatic heterocycles. The van der Waals surface area contributed by atoms with Gasteiger partial charge < -0.3 is 5.32 Å². The third-order valence-corrected chi connectivity index (χ3v) is 7.81.